The molecule has 2 aromatic rings. The third-order valence-corrected chi connectivity index (χ3v) is 3.49. The Balaban J connectivity index is 1.63. The molecule has 0 N–H and O–H groups in total. The van der Waals surface area contributed by atoms with Crippen molar-refractivity contribution in [2.24, 2.45) is 0 Å². The minimum Gasteiger partial charge on any atom is -0.472 e. The van der Waals surface area contributed by atoms with Gasteiger partial charge in [-0.3, -0.25) is 9.78 Å². The Kier molecular flexibility index (Phi) is 3.97. The summed E-state index contributed by atoms with van der Waals surface area (Å²) in [6, 6.07) is 8.77. The first-order valence-corrected chi connectivity index (χ1v) is 6.98. The molecule has 3 rings (SSSR count). The third-order valence-electron chi connectivity index (χ3n) is 3.49. The van der Waals surface area contributed by atoms with Crippen molar-refractivity contribution in [1.29, 1.82) is 5.26 Å². The second-order valence-corrected chi connectivity index (χ2v) is 5.02. The van der Waals surface area contributed by atoms with E-state index < -0.39 is 0 Å². The molecule has 6 heteroatoms. The van der Waals surface area contributed by atoms with E-state index in [0.29, 0.717) is 30.1 Å². The fourth-order valence-corrected chi connectivity index (χ4v) is 2.39. The van der Waals surface area contributed by atoms with Crippen LogP contribution in [-0.2, 0) is 0 Å². The standard InChI is InChI=1S/C16H14N4O2/c17-9-12-3-6-19-15(8-12)22-14-4-7-20(11-14)16(21)13-2-1-5-18-10-13/h1-3,5-6,8,10,14H,4,7,11H2. The fraction of sp³-hybridized carbons (Fsp3) is 0.250. The molecule has 3 heterocycles. The van der Waals surface area contributed by atoms with E-state index in [4.69, 9.17) is 10.00 Å². The summed E-state index contributed by atoms with van der Waals surface area (Å²) in [7, 11) is 0. The highest BCUT2D eigenvalue weighted by Gasteiger charge is 2.28. The zero-order valence-electron chi connectivity index (χ0n) is 11.8. The molecule has 0 bridgehead atoms. The van der Waals surface area contributed by atoms with Crippen molar-refractivity contribution in [3.63, 3.8) is 0 Å². The minimum atomic E-state index is -0.109. The predicted octanol–water partition coefficient (Wildman–Crippen LogP) is 1.64. The van der Waals surface area contributed by atoms with Gasteiger partial charge in [-0.2, -0.15) is 5.26 Å². The number of carbonyl (C=O) groups is 1. The van der Waals surface area contributed by atoms with E-state index in [0.717, 1.165) is 6.42 Å². The van der Waals surface area contributed by atoms with E-state index in [1.165, 1.54) is 0 Å². The summed E-state index contributed by atoms with van der Waals surface area (Å²) in [5, 5.41) is 8.87. The lowest BCUT2D eigenvalue weighted by atomic mass is 10.2. The molecule has 2 aromatic heterocycles. The first kappa shape index (κ1) is 14.0. The zero-order valence-corrected chi connectivity index (χ0v) is 11.8. The molecule has 6 nitrogen and oxygen atoms in total. The lowest BCUT2D eigenvalue weighted by Gasteiger charge is -2.16. The third kappa shape index (κ3) is 3.04. The summed E-state index contributed by atoms with van der Waals surface area (Å²) in [6.07, 6.45) is 5.38. The lowest BCUT2D eigenvalue weighted by molar-refractivity contribution is 0.0771. The quantitative estimate of drug-likeness (QED) is 0.860. The topological polar surface area (TPSA) is 79.1 Å². The molecule has 1 amide bonds. The van der Waals surface area contributed by atoms with Crippen LogP contribution in [0.1, 0.15) is 22.3 Å². The molecular formula is C16H14N4O2. The first-order chi connectivity index (χ1) is 10.8. The summed E-state index contributed by atoms with van der Waals surface area (Å²) >= 11 is 0. The van der Waals surface area contributed by atoms with Gasteiger partial charge in [-0.1, -0.05) is 0 Å². The Hall–Kier alpha value is -2.94. The molecule has 1 fully saturated rings. The van der Waals surface area contributed by atoms with Crippen molar-refractivity contribution in [1.82, 2.24) is 14.9 Å². The van der Waals surface area contributed by atoms with Crippen LogP contribution in [0.15, 0.2) is 42.9 Å². The normalized spacial score (nSPS) is 17.0. The van der Waals surface area contributed by atoms with Crippen molar-refractivity contribution < 1.29 is 9.53 Å². The Bertz CT molecular complexity index is 712. The van der Waals surface area contributed by atoms with Crippen LogP contribution in [0, 0.1) is 11.3 Å². The Morgan fingerprint density at radius 3 is 3.09 bits per heavy atom. The molecule has 0 aliphatic carbocycles. The molecule has 1 aliphatic rings. The molecule has 110 valence electrons. The van der Waals surface area contributed by atoms with E-state index in [1.807, 2.05) is 6.07 Å². The highest BCUT2D eigenvalue weighted by molar-refractivity contribution is 5.94. The number of nitrogens with zero attached hydrogens (tertiary/aromatic N) is 4. The molecule has 22 heavy (non-hydrogen) atoms. The number of rotatable bonds is 3. The molecular weight excluding hydrogens is 280 g/mol. The van der Waals surface area contributed by atoms with Crippen LogP contribution in [0.2, 0.25) is 0 Å². The number of ether oxygens (including phenoxy) is 1. The number of aromatic nitrogens is 2. The SMILES string of the molecule is N#Cc1ccnc(OC2CCN(C(=O)c3cccnc3)C2)c1. The van der Waals surface area contributed by atoms with Gasteiger partial charge >= 0.3 is 0 Å². The number of likely N-dealkylation sites (tertiary alicyclic amines) is 1. The van der Waals surface area contributed by atoms with Crippen molar-refractivity contribution >= 4 is 5.91 Å². The van der Waals surface area contributed by atoms with Crippen LogP contribution in [0.4, 0.5) is 0 Å². The predicted molar refractivity (Wildman–Crippen MR) is 78.1 cm³/mol. The van der Waals surface area contributed by atoms with Crippen LogP contribution < -0.4 is 4.74 Å². The van der Waals surface area contributed by atoms with Gasteiger partial charge in [-0.25, -0.2) is 4.98 Å². The van der Waals surface area contributed by atoms with Crippen molar-refractivity contribution in [2.75, 3.05) is 13.1 Å². The Morgan fingerprint density at radius 1 is 1.41 bits per heavy atom. The summed E-state index contributed by atoms with van der Waals surface area (Å²) < 4.78 is 5.76. The van der Waals surface area contributed by atoms with E-state index in [9.17, 15) is 4.79 Å². The van der Waals surface area contributed by atoms with E-state index >= 15 is 0 Å². The van der Waals surface area contributed by atoms with Gasteiger partial charge in [-0.05, 0) is 18.2 Å². The monoisotopic (exact) mass is 294 g/mol. The maximum atomic E-state index is 12.3. The molecule has 0 spiro atoms. The van der Waals surface area contributed by atoms with Crippen LogP contribution in [-0.4, -0.2) is 40.0 Å². The average Bonchev–Trinajstić information content (AvgIpc) is 3.03. The van der Waals surface area contributed by atoms with E-state index in [-0.39, 0.29) is 12.0 Å². The Labute approximate surface area is 128 Å². The van der Waals surface area contributed by atoms with Gasteiger partial charge in [0.2, 0.25) is 5.88 Å². The number of hydrogen-bond acceptors (Lipinski definition) is 5. The van der Waals surface area contributed by atoms with E-state index in [1.54, 1.807) is 47.8 Å². The molecule has 1 unspecified atom stereocenters. The summed E-state index contributed by atoms with van der Waals surface area (Å²) in [4.78, 5) is 22.1. The maximum absolute atomic E-state index is 12.3. The molecule has 1 atom stereocenters. The largest absolute Gasteiger partial charge is 0.472 e. The lowest BCUT2D eigenvalue weighted by Crippen LogP contribution is -2.31. The van der Waals surface area contributed by atoms with Crippen LogP contribution >= 0.6 is 0 Å². The second kappa shape index (κ2) is 6.22. The van der Waals surface area contributed by atoms with Gasteiger partial charge in [0.15, 0.2) is 0 Å². The summed E-state index contributed by atoms with van der Waals surface area (Å²) in [5.41, 5.74) is 1.08. The molecule has 1 saturated heterocycles. The highest BCUT2D eigenvalue weighted by atomic mass is 16.5. The van der Waals surface area contributed by atoms with Gasteiger partial charge in [0, 0.05) is 37.6 Å². The van der Waals surface area contributed by atoms with Gasteiger partial charge in [0.1, 0.15) is 6.10 Å². The number of hydrogen-bond donors (Lipinski definition) is 0. The number of pyridine rings is 2. The number of carbonyl (C=O) groups excluding carboxylic acids is 1. The van der Waals surface area contributed by atoms with Gasteiger partial charge in [0.05, 0.1) is 23.7 Å². The minimum absolute atomic E-state index is 0.0436. The Morgan fingerprint density at radius 2 is 2.32 bits per heavy atom. The van der Waals surface area contributed by atoms with E-state index in [2.05, 4.69) is 9.97 Å². The summed E-state index contributed by atoms with van der Waals surface area (Å²) in [5.74, 6) is 0.373. The van der Waals surface area contributed by atoms with Gasteiger partial charge in [0.25, 0.3) is 5.91 Å². The molecule has 0 aromatic carbocycles. The first-order valence-electron chi connectivity index (χ1n) is 6.98. The van der Waals surface area contributed by atoms with Gasteiger partial charge < -0.3 is 9.64 Å². The van der Waals surface area contributed by atoms with Crippen LogP contribution in [0.3, 0.4) is 0 Å². The van der Waals surface area contributed by atoms with Crippen molar-refractivity contribution in [3.05, 3.63) is 54.0 Å². The highest BCUT2D eigenvalue weighted by Crippen LogP contribution is 2.18. The van der Waals surface area contributed by atoms with Gasteiger partial charge in [-0.15, -0.1) is 0 Å². The number of nitriles is 1. The molecule has 0 radical (unpaired) electrons. The smallest absolute Gasteiger partial charge is 0.255 e. The fourth-order valence-electron chi connectivity index (χ4n) is 2.39. The maximum Gasteiger partial charge on any atom is 0.255 e. The number of amides is 1. The van der Waals surface area contributed by atoms with Crippen LogP contribution in [0.25, 0.3) is 0 Å². The second-order valence-electron chi connectivity index (χ2n) is 5.02. The molecule has 1 aliphatic heterocycles. The van der Waals surface area contributed by atoms with Crippen molar-refractivity contribution in [2.45, 2.75) is 12.5 Å². The van der Waals surface area contributed by atoms with Crippen molar-refractivity contribution in [3.8, 4) is 11.9 Å². The average molecular weight is 294 g/mol. The van der Waals surface area contributed by atoms with Crippen LogP contribution in [0.5, 0.6) is 5.88 Å². The summed E-state index contributed by atoms with van der Waals surface area (Å²) in [6.45, 7) is 1.14. The zero-order chi connectivity index (χ0) is 15.4. The molecule has 0 saturated carbocycles.